The zero-order valence-corrected chi connectivity index (χ0v) is 42.1. The van der Waals surface area contributed by atoms with Crippen LogP contribution in [0.25, 0.3) is 0 Å². The molecule has 0 spiro atoms. The van der Waals surface area contributed by atoms with E-state index in [0.29, 0.717) is 19.3 Å². The van der Waals surface area contributed by atoms with Crippen molar-refractivity contribution in [1.82, 2.24) is 0 Å². The quantitative estimate of drug-likeness (QED) is 0.0262. The average molecular weight is 885 g/mol. The van der Waals surface area contributed by atoms with Crippen molar-refractivity contribution < 1.29 is 28.6 Å². The minimum absolute atomic E-state index is 0.0732. The molecule has 6 nitrogen and oxygen atoms in total. The first-order valence-corrected chi connectivity index (χ1v) is 27.5. The second-order valence-corrected chi connectivity index (χ2v) is 18.5. The van der Waals surface area contributed by atoms with E-state index in [-0.39, 0.29) is 31.1 Å². The van der Waals surface area contributed by atoms with Crippen LogP contribution >= 0.6 is 0 Å². The molecule has 0 aromatic carbocycles. The van der Waals surface area contributed by atoms with Gasteiger partial charge < -0.3 is 14.2 Å². The summed E-state index contributed by atoms with van der Waals surface area (Å²) in [4.78, 5) is 38.0. The van der Waals surface area contributed by atoms with Gasteiger partial charge in [0.05, 0.1) is 0 Å². The van der Waals surface area contributed by atoms with Crippen molar-refractivity contribution in [1.29, 1.82) is 0 Å². The zero-order valence-electron chi connectivity index (χ0n) is 42.1. The van der Waals surface area contributed by atoms with Crippen molar-refractivity contribution in [2.75, 3.05) is 13.2 Å². The molecule has 0 heterocycles. The molecule has 6 heteroatoms. The van der Waals surface area contributed by atoms with E-state index >= 15 is 0 Å². The van der Waals surface area contributed by atoms with Gasteiger partial charge in [-0.1, -0.05) is 231 Å². The highest BCUT2D eigenvalue weighted by atomic mass is 16.6. The molecule has 0 saturated heterocycles. The molecule has 63 heavy (non-hydrogen) atoms. The molecule has 0 aromatic heterocycles. The lowest BCUT2D eigenvalue weighted by atomic mass is 10.1. The monoisotopic (exact) mass is 885 g/mol. The average Bonchev–Trinajstić information content (AvgIpc) is 3.28. The highest BCUT2D eigenvalue weighted by Gasteiger charge is 2.19. The second-order valence-electron chi connectivity index (χ2n) is 18.5. The largest absolute Gasteiger partial charge is 0.462 e. The molecule has 0 bridgehead atoms. The normalized spacial score (nSPS) is 12.2. The SMILES string of the molecule is CCCCC/C=C\C/C=C\CCCCCCCCCC(=O)OC(COC(=O)CCCCCCCCCCC)COC(=O)CCCCCCCCCCC/C=C\CCCCCCCC. The number of esters is 3. The number of carbonyl (C=O) groups is 3. The lowest BCUT2D eigenvalue weighted by molar-refractivity contribution is -0.167. The molecule has 0 N–H and O–H groups in total. The Morgan fingerprint density at radius 2 is 0.571 bits per heavy atom. The third kappa shape index (κ3) is 50.5. The van der Waals surface area contributed by atoms with Crippen molar-refractivity contribution >= 4 is 17.9 Å². The molecule has 0 radical (unpaired) electrons. The predicted molar refractivity (Wildman–Crippen MR) is 270 cm³/mol. The van der Waals surface area contributed by atoms with E-state index in [1.807, 2.05) is 0 Å². The first kappa shape index (κ1) is 60.6. The van der Waals surface area contributed by atoms with E-state index in [0.717, 1.165) is 70.6 Å². The molecule has 0 aliphatic heterocycles. The fourth-order valence-corrected chi connectivity index (χ4v) is 7.94. The summed E-state index contributed by atoms with van der Waals surface area (Å²) in [6.07, 6.45) is 61.3. The van der Waals surface area contributed by atoms with E-state index in [1.54, 1.807) is 0 Å². The van der Waals surface area contributed by atoms with Crippen LogP contribution in [-0.2, 0) is 28.6 Å². The van der Waals surface area contributed by atoms with Crippen molar-refractivity contribution in [2.24, 2.45) is 0 Å². The summed E-state index contributed by atoms with van der Waals surface area (Å²) in [7, 11) is 0. The van der Waals surface area contributed by atoms with E-state index in [1.165, 1.54) is 180 Å². The molecular formula is C57H104O6. The van der Waals surface area contributed by atoms with Crippen LogP contribution in [0.1, 0.15) is 290 Å². The standard InChI is InChI=1S/C57H104O6/c1-4-7-10-13-16-19-21-23-25-27-28-30-31-33-35-38-41-44-47-50-56(59)62-53-54(52-61-55(58)49-46-43-40-37-18-15-12-9-6-3)63-57(60)51-48-45-42-39-36-34-32-29-26-24-22-20-17-14-11-8-5-2/h17,20,23-26,54H,4-16,18-19,21-22,27-53H2,1-3H3/b20-17-,25-23-,26-24-. The topological polar surface area (TPSA) is 78.9 Å². The molecule has 0 saturated carbocycles. The van der Waals surface area contributed by atoms with Gasteiger partial charge in [0.2, 0.25) is 0 Å². The van der Waals surface area contributed by atoms with Gasteiger partial charge >= 0.3 is 17.9 Å². The Labute approximate surface area is 391 Å². The number of hydrogen-bond donors (Lipinski definition) is 0. The van der Waals surface area contributed by atoms with Crippen molar-refractivity contribution in [3.63, 3.8) is 0 Å². The lowest BCUT2D eigenvalue weighted by Gasteiger charge is -2.18. The number of rotatable bonds is 50. The summed E-state index contributed by atoms with van der Waals surface area (Å²) in [5.74, 6) is -0.874. The van der Waals surface area contributed by atoms with Crippen molar-refractivity contribution in [3.8, 4) is 0 Å². The number of ether oxygens (including phenoxy) is 3. The van der Waals surface area contributed by atoms with Crippen LogP contribution in [-0.4, -0.2) is 37.2 Å². The number of carbonyl (C=O) groups excluding carboxylic acids is 3. The number of allylic oxidation sites excluding steroid dienone is 6. The van der Waals surface area contributed by atoms with Gasteiger partial charge in [0.1, 0.15) is 13.2 Å². The van der Waals surface area contributed by atoms with Crippen molar-refractivity contribution in [2.45, 2.75) is 297 Å². The maximum atomic E-state index is 12.8. The van der Waals surface area contributed by atoms with Crippen LogP contribution in [0.3, 0.4) is 0 Å². The Morgan fingerprint density at radius 1 is 0.317 bits per heavy atom. The molecule has 1 unspecified atom stereocenters. The fraction of sp³-hybridized carbons (Fsp3) is 0.842. The highest BCUT2D eigenvalue weighted by molar-refractivity contribution is 5.71. The van der Waals surface area contributed by atoms with E-state index in [4.69, 9.17) is 14.2 Å². The van der Waals surface area contributed by atoms with Crippen LogP contribution in [0.5, 0.6) is 0 Å². The molecule has 0 amide bonds. The molecular weight excluding hydrogens is 781 g/mol. The molecule has 0 aliphatic carbocycles. The van der Waals surface area contributed by atoms with Gasteiger partial charge in [-0.05, 0) is 77.0 Å². The molecule has 368 valence electrons. The summed E-state index contributed by atoms with van der Waals surface area (Å²) in [5.41, 5.74) is 0. The molecule has 0 aliphatic rings. The second kappa shape index (κ2) is 52.3. The first-order valence-electron chi connectivity index (χ1n) is 27.5. The van der Waals surface area contributed by atoms with Crippen LogP contribution in [0.2, 0.25) is 0 Å². The molecule has 0 aromatic rings. The lowest BCUT2D eigenvalue weighted by Crippen LogP contribution is -2.30. The maximum absolute atomic E-state index is 12.8. The van der Waals surface area contributed by atoms with Gasteiger partial charge in [0.15, 0.2) is 6.10 Å². The molecule has 1 atom stereocenters. The summed E-state index contributed by atoms with van der Waals surface area (Å²) in [6, 6.07) is 0. The Hall–Kier alpha value is -2.37. The van der Waals surface area contributed by atoms with Crippen LogP contribution < -0.4 is 0 Å². The Morgan fingerprint density at radius 3 is 0.921 bits per heavy atom. The molecule has 0 rings (SSSR count). The fourth-order valence-electron chi connectivity index (χ4n) is 7.94. The van der Waals surface area contributed by atoms with Gasteiger partial charge in [0, 0.05) is 19.3 Å². The summed E-state index contributed by atoms with van der Waals surface area (Å²) >= 11 is 0. The summed E-state index contributed by atoms with van der Waals surface area (Å²) in [5, 5.41) is 0. The molecule has 0 fully saturated rings. The summed E-state index contributed by atoms with van der Waals surface area (Å²) < 4.78 is 16.8. The van der Waals surface area contributed by atoms with Crippen LogP contribution in [0, 0.1) is 0 Å². The van der Waals surface area contributed by atoms with E-state index < -0.39 is 6.10 Å². The third-order valence-corrected chi connectivity index (χ3v) is 12.1. The van der Waals surface area contributed by atoms with Gasteiger partial charge in [0.25, 0.3) is 0 Å². The first-order chi connectivity index (χ1) is 31.0. The minimum Gasteiger partial charge on any atom is -0.462 e. The Balaban J connectivity index is 4.28. The van der Waals surface area contributed by atoms with E-state index in [2.05, 4.69) is 57.2 Å². The minimum atomic E-state index is -0.773. The summed E-state index contributed by atoms with van der Waals surface area (Å²) in [6.45, 7) is 6.61. The van der Waals surface area contributed by atoms with Crippen LogP contribution in [0.4, 0.5) is 0 Å². The van der Waals surface area contributed by atoms with Gasteiger partial charge in [-0.25, -0.2) is 0 Å². The van der Waals surface area contributed by atoms with Gasteiger partial charge in [-0.15, -0.1) is 0 Å². The van der Waals surface area contributed by atoms with E-state index in [9.17, 15) is 14.4 Å². The van der Waals surface area contributed by atoms with Gasteiger partial charge in [-0.2, -0.15) is 0 Å². The van der Waals surface area contributed by atoms with Gasteiger partial charge in [-0.3, -0.25) is 14.4 Å². The predicted octanol–water partition coefficient (Wildman–Crippen LogP) is 18.1. The van der Waals surface area contributed by atoms with Crippen LogP contribution in [0.15, 0.2) is 36.5 Å². The zero-order chi connectivity index (χ0) is 45.8. The third-order valence-electron chi connectivity index (χ3n) is 12.1. The Kier molecular flexibility index (Phi) is 50.3. The highest BCUT2D eigenvalue weighted by Crippen LogP contribution is 2.15. The maximum Gasteiger partial charge on any atom is 0.306 e. The number of unbranched alkanes of at least 4 members (excludes halogenated alkanes) is 33. The number of hydrogen-bond acceptors (Lipinski definition) is 6. The smallest absolute Gasteiger partial charge is 0.306 e. The Bertz CT molecular complexity index is 1060. The van der Waals surface area contributed by atoms with Crippen molar-refractivity contribution in [3.05, 3.63) is 36.5 Å².